The Morgan fingerprint density at radius 1 is 0.812 bits per heavy atom. The molecule has 16 heavy (non-hydrogen) atoms. The summed E-state index contributed by atoms with van der Waals surface area (Å²) < 4.78 is 0. The molecule has 0 atom stereocenters. The Balaban J connectivity index is 1.89. The van der Waals surface area contributed by atoms with Gasteiger partial charge in [-0.3, -0.25) is 0 Å². The first-order valence-corrected chi connectivity index (χ1v) is 6.91. The smallest absolute Gasteiger partial charge is 0.0223 e. The highest BCUT2D eigenvalue weighted by Crippen LogP contribution is 2.11. The normalized spacial score (nSPS) is 10.6. The minimum Gasteiger partial charge on any atom is -0.127 e. The molecule has 0 aliphatic heterocycles. The number of hydrogen-bond acceptors (Lipinski definition) is 0. The van der Waals surface area contributed by atoms with E-state index >= 15 is 0 Å². The average Bonchev–Trinajstić information content (AvgIpc) is 2.34. The van der Waals surface area contributed by atoms with Crippen LogP contribution < -0.4 is 0 Å². The molecule has 1 radical (unpaired) electrons. The second-order valence-electron chi connectivity index (χ2n) is 4.21. The van der Waals surface area contributed by atoms with Gasteiger partial charge in [-0.1, -0.05) is 62.4 Å². The molecule has 0 aliphatic rings. The van der Waals surface area contributed by atoms with Gasteiger partial charge in [0.1, 0.15) is 0 Å². The second kappa shape index (κ2) is 9.72. The zero-order valence-corrected chi connectivity index (χ0v) is 10.8. The fourth-order valence-electron chi connectivity index (χ4n) is 1.80. The number of rotatable bonds is 9. The molecule has 0 spiro atoms. The van der Waals surface area contributed by atoms with E-state index in [0.717, 1.165) is 5.88 Å². The molecule has 0 saturated carbocycles. The maximum Gasteiger partial charge on any atom is 0.0223 e. The van der Waals surface area contributed by atoms with E-state index < -0.39 is 0 Å². The van der Waals surface area contributed by atoms with E-state index in [0.29, 0.717) is 0 Å². The van der Waals surface area contributed by atoms with Crippen LogP contribution in [0.5, 0.6) is 0 Å². The summed E-state index contributed by atoms with van der Waals surface area (Å²) in [4.78, 5) is 0. The third kappa shape index (κ3) is 6.90. The highest BCUT2D eigenvalue weighted by Gasteiger charge is 1.93. The molecule has 0 heterocycles. The van der Waals surface area contributed by atoms with E-state index in [4.69, 9.17) is 11.6 Å². The SMILES string of the molecule is ClCCCCCCCC[CH]c1ccccc1. The summed E-state index contributed by atoms with van der Waals surface area (Å²) in [5.74, 6) is 0.821. The Morgan fingerprint density at radius 3 is 2.12 bits per heavy atom. The van der Waals surface area contributed by atoms with Gasteiger partial charge in [-0.05, 0) is 24.8 Å². The van der Waals surface area contributed by atoms with Crippen molar-refractivity contribution < 1.29 is 0 Å². The molecule has 0 N–H and O–H groups in total. The maximum absolute atomic E-state index is 5.63. The van der Waals surface area contributed by atoms with Crippen molar-refractivity contribution in [2.24, 2.45) is 0 Å². The molecule has 0 aromatic heterocycles. The number of alkyl halides is 1. The second-order valence-corrected chi connectivity index (χ2v) is 4.59. The molecule has 0 nitrogen and oxygen atoms in total. The van der Waals surface area contributed by atoms with Gasteiger partial charge in [0.2, 0.25) is 0 Å². The van der Waals surface area contributed by atoms with Gasteiger partial charge >= 0.3 is 0 Å². The van der Waals surface area contributed by atoms with Crippen LogP contribution in [-0.4, -0.2) is 5.88 Å². The van der Waals surface area contributed by atoms with Gasteiger partial charge in [-0.25, -0.2) is 0 Å². The maximum atomic E-state index is 5.63. The Labute approximate surface area is 105 Å². The highest BCUT2D eigenvalue weighted by molar-refractivity contribution is 6.17. The third-order valence-corrected chi connectivity index (χ3v) is 3.03. The minimum absolute atomic E-state index is 0.821. The fourth-order valence-corrected chi connectivity index (χ4v) is 1.99. The topological polar surface area (TPSA) is 0 Å². The number of unbranched alkanes of at least 4 members (excludes halogenated alkanes) is 6. The lowest BCUT2D eigenvalue weighted by Gasteiger charge is -2.01. The minimum atomic E-state index is 0.821. The van der Waals surface area contributed by atoms with Gasteiger partial charge in [0.25, 0.3) is 0 Å². The monoisotopic (exact) mass is 237 g/mol. The standard InChI is InChI=1S/C15H22Cl/c16-14-10-5-3-1-2-4-7-11-15-12-8-6-9-13-15/h6,8-9,11-13H,1-5,7,10,14H2. The van der Waals surface area contributed by atoms with Crippen LogP contribution in [0.4, 0.5) is 0 Å². The first-order valence-electron chi connectivity index (χ1n) is 6.37. The molecule has 0 amide bonds. The van der Waals surface area contributed by atoms with E-state index in [2.05, 4.69) is 36.8 Å². The van der Waals surface area contributed by atoms with Crippen LogP contribution in [0.1, 0.15) is 50.5 Å². The van der Waals surface area contributed by atoms with Crippen LogP contribution in [0.25, 0.3) is 0 Å². The van der Waals surface area contributed by atoms with Crippen LogP contribution in [-0.2, 0) is 0 Å². The van der Waals surface area contributed by atoms with Crippen LogP contribution in [0.2, 0.25) is 0 Å². The molecule has 0 unspecified atom stereocenters. The molecule has 0 fully saturated rings. The van der Waals surface area contributed by atoms with Gasteiger partial charge < -0.3 is 0 Å². The largest absolute Gasteiger partial charge is 0.127 e. The molecule has 0 aliphatic carbocycles. The lowest BCUT2D eigenvalue weighted by atomic mass is 10.0. The summed E-state index contributed by atoms with van der Waals surface area (Å²) >= 11 is 5.63. The van der Waals surface area contributed by atoms with Crippen molar-refractivity contribution in [3.05, 3.63) is 42.3 Å². The summed E-state index contributed by atoms with van der Waals surface area (Å²) in [6.45, 7) is 0. The van der Waals surface area contributed by atoms with E-state index in [9.17, 15) is 0 Å². The predicted octanol–water partition coefficient (Wildman–Crippen LogP) is 5.21. The van der Waals surface area contributed by atoms with E-state index in [1.807, 2.05) is 0 Å². The van der Waals surface area contributed by atoms with Crippen molar-refractivity contribution in [3.63, 3.8) is 0 Å². The molecule has 89 valence electrons. The summed E-state index contributed by atoms with van der Waals surface area (Å²) in [7, 11) is 0. The molecular formula is C15H22Cl. The zero-order valence-electron chi connectivity index (χ0n) is 10.00. The van der Waals surface area contributed by atoms with Crippen molar-refractivity contribution in [1.29, 1.82) is 0 Å². The Bertz CT molecular complexity index is 243. The third-order valence-electron chi connectivity index (χ3n) is 2.77. The quantitative estimate of drug-likeness (QED) is 0.409. The van der Waals surface area contributed by atoms with Crippen molar-refractivity contribution in [2.45, 2.75) is 44.9 Å². The first-order chi connectivity index (χ1) is 7.93. The summed E-state index contributed by atoms with van der Waals surface area (Å²) in [5, 5.41) is 0. The van der Waals surface area contributed by atoms with Gasteiger partial charge in [0.05, 0.1) is 0 Å². The fraction of sp³-hybridized carbons (Fsp3) is 0.533. The van der Waals surface area contributed by atoms with Crippen molar-refractivity contribution in [3.8, 4) is 0 Å². The molecule has 1 heteroatoms. The Hall–Kier alpha value is -0.490. The molecule has 0 saturated heterocycles. The van der Waals surface area contributed by atoms with Crippen LogP contribution in [0.3, 0.4) is 0 Å². The molecule has 1 aromatic carbocycles. The molecular weight excluding hydrogens is 216 g/mol. The van der Waals surface area contributed by atoms with Gasteiger partial charge in [-0.2, -0.15) is 0 Å². The van der Waals surface area contributed by atoms with Gasteiger partial charge in [-0.15, -0.1) is 11.6 Å². The first kappa shape index (κ1) is 13.6. The summed E-state index contributed by atoms with van der Waals surface area (Å²) in [6.07, 6.45) is 11.4. The van der Waals surface area contributed by atoms with Crippen molar-refractivity contribution in [2.75, 3.05) is 5.88 Å². The number of halogens is 1. The van der Waals surface area contributed by atoms with Gasteiger partial charge in [0.15, 0.2) is 0 Å². The molecule has 0 bridgehead atoms. The molecule has 1 rings (SSSR count). The lowest BCUT2D eigenvalue weighted by Crippen LogP contribution is -1.84. The zero-order chi connectivity index (χ0) is 11.5. The summed E-state index contributed by atoms with van der Waals surface area (Å²) in [6, 6.07) is 10.6. The molecule has 1 aromatic rings. The van der Waals surface area contributed by atoms with Crippen LogP contribution in [0.15, 0.2) is 30.3 Å². The van der Waals surface area contributed by atoms with Gasteiger partial charge in [0, 0.05) is 5.88 Å². The van der Waals surface area contributed by atoms with E-state index in [-0.39, 0.29) is 0 Å². The van der Waals surface area contributed by atoms with Crippen LogP contribution in [0, 0.1) is 6.42 Å². The van der Waals surface area contributed by atoms with E-state index in [1.165, 1.54) is 50.5 Å². The number of hydrogen-bond donors (Lipinski definition) is 0. The van der Waals surface area contributed by atoms with Crippen molar-refractivity contribution >= 4 is 11.6 Å². The Kier molecular flexibility index (Phi) is 8.24. The van der Waals surface area contributed by atoms with E-state index in [1.54, 1.807) is 0 Å². The summed E-state index contributed by atoms with van der Waals surface area (Å²) in [5.41, 5.74) is 1.35. The van der Waals surface area contributed by atoms with Crippen LogP contribution >= 0.6 is 11.6 Å². The average molecular weight is 238 g/mol. The lowest BCUT2D eigenvalue weighted by molar-refractivity contribution is 0.608. The highest BCUT2D eigenvalue weighted by atomic mass is 35.5. The number of benzene rings is 1. The Morgan fingerprint density at radius 2 is 1.44 bits per heavy atom. The van der Waals surface area contributed by atoms with Crippen molar-refractivity contribution in [1.82, 2.24) is 0 Å². The predicted molar refractivity (Wildman–Crippen MR) is 72.9 cm³/mol.